The summed E-state index contributed by atoms with van der Waals surface area (Å²) in [5.41, 5.74) is 2.50. The Kier molecular flexibility index (Phi) is 6.89. The van der Waals surface area contributed by atoms with Crippen molar-refractivity contribution in [1.29, 1.82) is 0 Å². The number of hydrogen-bond donors (Lipinski definition) is 1. The fourth-order valence-electron chi connectivity index (χ4n) is 2.66. The van der Waals surface area contributed by atoms with E-state index < -0.39 is 0 Å². The van der Waals surface area contributed by atoms with Gasteiger partial charge in [0.2, 0.25) is 0 Å². The van der Waals surface area contributed by atoms with Gasteiger partial charge in [-0.05, 0) is 63.1 Å². The average molecular weight is 357 g/mol. The van der Waals surface area contributed by atoms with Gasteiger partial charge in [-0.3, -0.25) is 4.79 Å². The van der Waals surface area contributed by atoms with Crippen molar-refractivity contribution in [1.82, 2.24) is 5.32 Å². The van der Waals surface area contributed by atoms with E-state index in [1.807, 2.05) is 52.0 Å². The first-order chi connectivity index (χ1) is 12.5. The maximum atomic E-state index is 12.6. The van der Waals surface area contributed by atoms with Crippen LogP contribution >= 0.6 is 0 Å². The van der Waals surface area contributed by atoms with E-state index in [0.717, 1.165) is 11.1 Å². The first kappa shape index (κ1) is 19.6. The molecule has 1 atom stereocenters. The summed E-state index contributed by atoms with van der Waals surface area (Å²) in [4.78, 5) is 12.6. The highest BCUT2D eigenvalue weighted by atomic mass is 16.5. The number of methoxy groups -OCH3 is 1. The van der Waals surface area contributed by atoms with Crippen LogP contribution in [0.1, 0.15) is 48.3 Å². The van der Waals surface area contributed by atoms with Crippen LogP contribution in [0, 0.1) is 6.92 Å². The minimum absolute atomic E-state index is 0.150. The van der Waals surface area contributed by atoms with Crippen LogP contribution in [0.3, 0.4) is 0 Å². The van der Waals surface area contributed by atoms with E-state index in [0.29, 0.717) is 36.0 Å². The summed E-state index contributed by atoms with van der Waals surface area (Å²) >= 11 is 0. The summed E-state index contributed by atoms with van der Waals surface area (Å²) < 4.78 is 16.5. The molecule has 2 rings (SSSR count). The molecule has 1 amide bonds. The Labute approximate surface area is 155 Å². The van der Waals surface area contributed by atoms with E-state index in [1.54, 1.807) is 19.2 Å². The molecular weight excluding hydrogens is 330 g/mol. The maximum Gasteiger partial charge on any atom is 0.251 e. The molecule has 0 aliphatic heterocycles. The van der Waals surface area contributed by atoms with Crippen molar-refractivity contribution in [2.75, 3.05) is 20.3 Å². The highest BCUT2D eigenvalue weighted by Crippen LogP contribution is 2.31. The van der Waals surface area contributed by atoms with Crippen LogP contribution in [0.15, 0.2) is 36.4 Å². The zero-order chi connectivity index (χ0) is 19.1. The zero-order valence-electron chi connectivity index (χ0n) is 16.1. The number of amides is 1. The molecule has 0 aromatic heterocycles. The number of nitrogens with one attached hydrogen (secondary N) is 1. The molecule has 1 N–H and O–H groups in total. The Bertz CT molecular complexity index is 758. The summed E-state index contributed by atoms with van der Waals surface area (Å²) in [6, 6.07) is 11.0. The summed E-state index contributed by atoms with van der Waals surface area (Å²) in [6.07, 6.45) is 0. The molecule has 0 saturated carbocycles. The van der Waals surface area contributed by atoms with Crippen LogP contribution in [0.25, 0.3) is 0 Å². The highest BCUT2D eigenvalue weighted by Gasteiger charge is 2.15. The van der Waals surface area contributed by atoms with E-state index in [9.17, 15) is 4.79 Å². The Morgan fingerprint density at radius 3 is 2.35 bits per heavy atom. The molecule has 5 nitrogen and oxygen atoms in total. The molecule has 0 heterocycles. The van der Waals surface area contributed by atoms with Crippen molar-refractivity contribution in [2.45, 2.75) is 33.7 Å². The molecule has 0 aliphatic carbocycles. The smallest absolute Gasteiger partial charge is 0.251 e. The number of carbonyl (C=O) groups is 1. The minimum Gasteiger partial charge on any atom is -0.496 e. The topological polar surface area (TPSA) is 56.8 Å². The molecule has 2 aromatic carbocycles. The van der Waals surface area contributed by atoms with Gasteiger partial charge in [0.25, 0.3) is 5.91 Å². The van der Waals surface area contributed by atoms with Crippen LogP contribution in [-0.4, -0.2) is 26.2 Å². The number of aryl methyl sites for hydroxylation is 1. The van der Waals surface area contributed by atoms with E-state index in [4.69, 9.17) is 14.2 Å². The number of benzene rings is 2. The summed E-state index contributed by atoms with van der Waals surface area (Å²) in [5, 5.41) is 3.01. The molecule has 26 heavy (non-hydrogen) atoms. The SMILES string of the molecule is CCOc1ccc([C@@H](C)NC(=O)c2ccc(C)c(OC)c2)cc1OCC. The molecule has 5 heteroatoms. The van der Waals surface area contributed by atoms with E-state index in [2.05, 4.69) is 5.32 Å². The van der Waals surface area contributed by atoms with Crippen molar-refractivity contribution >= 4 is 5.91 Å². The lowest BCUT2D eigenvalue weighted by Gasteiger charge is -2.18. The molecule has 0 bridgehead atoms. The van der Waals surface area contributed by atoms with Gasteiger partial charge in [0.05, 0.1) is 26.4 Å². The molecule has 0 radical (unpaired) electrons. The normalized spacial score (nSPS) is 11.6. The lowest BCUT2D eigenvalue weighted by atomic mass is 10.1. The minimum atomic E-state index is -0.176. The lowest BCUT2D eigenvalue weighted by molar-refractivity contribution is 0.0939. The fraction of sp³-hybridized carbons (Fsp3) is 0.381. The van der Waals surface area contributed by atoms with Gasteiger partial charge < -0.3 is 19.5 Å². The predicted molar refractivity (Wildman–Crippen MR) is 102 cm³/mol. The fourth-order valence-corrected chi connectivity index (χ4v) is 2.66. The van der Waals surface area contributed by atoms with Gasteiger partial charge in [0.1, 0.15) is 5.75 Å². The Hall–Kier alpha value is -2.69. The van der Waals surface area contributed by atoms with Crippen LogP contribution in [0.5, 0.6) is 17.2 Å². The second-order valence-electron chi connectivity index (χ2n) is 5.95. The van der Waals surface area contributed by atoms with Crippen LogP contribution in [0.2, 0.25) is 0 Å². The third-order valence-electron chi connectivity index (χ3n) is 4.09. The zero-order valence-corrected chi connectivity index (χ0v) is 16.1. The molecule has 0 spiro atoms. The largest absolute Gasteiger partial charge is 0.496 e. The molecule has 140 valence electrons. The van der Waals surface area contributed by atoms with Crippen LogP contribution in [-0.2, 0) is 0 Å². The van der Waals surface area contributed by atoms with Crippen molar-refractivity contribution in [3.63, 3.8) is 0 Å². The Balaban J connectivity index is 2.17. The third-order valence-corrected chi connectivity index (χ3v) is 4.09. The van der Waals surface area contributed by atoms with E-state index in [1.165, 1.54) is 0 Å². The number of ether oxygens (including phenoxy) is 3. The Morgan fingerprint density at radius 1 is 1.00 bits per heavy atom. The summed E-state index contributed by atoms with van der Waals surface area (Å²) in [5.74, 6) is 1.94. The third kappa shape index (κ3) is 4.69. The monoisotopic (exact) mass is 357 g/mol. The molecule has 0 unspecified atom stereocenters. The first-order valence-corrected chi connectivity index (χ1v) is 8.85. The molecule has 0 saturated heterocycles. The van der Waals surface area contributed by atoms with E-state index >= 15 is 0 Å². The summed E-state index contributed by atoms with van der Waals surface area (Å²) in [7, 11) is 1.60. The first-order valence-electron chi connectivity index (χ1n) is 8.85. The number of rotatable bonds is 8. The molecule has 2 aromatic rings. The van der Waals surface area contributed by atoms with Crippen molar-refractivity contribution in [2.24, 2.45) is 0 Å². The van der Waals surface area contributed by atoms with Gasteiger partial charge in [-0.2, -0.15) is 0 Å². The van der Waals surface area contributed by atoms with Gasteiger partial charge in [0.15, 0.2) is 11.5 Å². The molecule has 0 fully saturated rings. The average Bonchev–Trinajstić information content (AvgIpc) is 2.63. The van der Waals surface area contributed by atoms with Crippen molar-refractivity contribution in [3.8, 4) is 17.2 Å². The maximum absolute atomic E-state index is 12.6. The second-order valence-corrected chi connectivity index (χ2v) is 5.95. The van der Waals surface area contributed by atoms with Crippen molar-refractivity contribution in [3.05, 3.63) is 53.1 Å². The van der Waals surface area contributed by atoms with Crippen LogP contribution < -0.4 is 19.5 Å². The van der Waals surface area contributed by atoms with Gasteiger partial charge in [-0.1, -0.05) is 12.1 Å². The van der Waals surface area contributed by atoms with Gasteiger partial charge in [-0.25, -0.2) is 0 Å². The molecular formula is C21H27NO4. The van der Waals surface area contributed by atoms with Gasteiger partial charge in [0, 0.05) is 5.56 Å². The van der Waals surface area contributed by atoms with Crippen molar-refractivity contribution < 1.29 is 19.0 Å². The summed E-state index contributed by atoms with van der Waals surface area (Å²) in [6.45, 7) is 8.86. The predicted octanol–water partition coefficient (Wildman–Crippen LogP) is 4.29. The van der Waals surface area contributed by atoms with Crippen LogP contribution in [0.4, 0.5) is 0 Å². The second kappa shape index (κ2) is 9.13. The lowest BCUT2D eigenvalue weighted by Crippen LogP contribution is -2.26. The number of hydrogen-bond acceptors (Lipinski definition) is 4. The highest BCUT2D eigenvalue weighted by molar-refractivity contribution is 5.95. The van der Waals surface area contributed by atoms with Gasteiger partial charge in [-0.15, -0.1) is 0 Å². The molecule has 0 aliphatic rings. The van der Waals surface area contributed by atoms with Gasteiger partial charge >= 0.3 is 0 Å². The standard InChI is InChI=1S/C21H27NO4/c1-6-25-18-11-10-16(12-20(18)26-7-2)15(4)22-21(23)17-9-8-14(3)19(13-17)24-5/h8-13,15H,6-7H2,1-5H3,(H,22,23)/t15-/m1/s1. The quantitative estimate of drug-likeness (QED) is 0.766. The Morgan fingerprint density at radius 2 is 1.69 bits per heavy atom. The van der Waals surface area contributed by atoms with E-state index in [-0.39, 0.29) is 11.9 Å². The number of carbonyl (C=O) groups excluding carboxylic acids is 1.